The van der Waals surface area contributed by atoms with Crippen LogP contribution in [0.25, 0.3) is 0 Å². The zero-order valence-electron chi connectivity index (χ0n) is 33.1. The third kappa shape index (κ3) is 9.60. The zero-order chi connectivity index (χ0) is 42.2. The number of benzene rings is 2. The monoisotopic (exact) mass is 857 g/mol. The minimum Gasteiger partial charge on any atom is -0.495 e. The minimum atomic E-state index is -0.558. The molecule has 2 aromatic carbocycles. The van der Waals surface area contributed by atoms with Crippen molar-refractivity contribution in [3.05, 3.63) is 105 Å². The van der Waals surface area contributed by atoms with Crippen molar-refractivity contribution in [3.8, 4) is 11.5 Å². The summed E-state index contributed by atoms with van der Waals surface area (Å²) < 4.78 is 10.7. The molecule has 0 unspecified atom stereocenters. The first-order valence-electron chi connectivity index (χ1n) is 19.4. The Morgan fingerprint density at radius 1 is 0.817 bits per heavy atom. The first-order chi connectivity index (χ1) is 29.2. The summed E-state index contributed by atoms with van der Waals surface area (Å²) in [7, 11) is 3.05. The van der Waals surface area contributed by atoms with Crippen LogP contribution in [0.1, 0.15) is 63.5 Å². The summed E-state index contributed by atoms with van der Waals surface area (Å²) in [5.74, 6) is 1.08. The van der Waals surface area contributed by atoms with Gasteiger partial charge in [-0.1, -0.05) is 35.3 Å². The van der Waals surface area contributed by atoms with Crippen LogP contribution >= 0.6 is 23.2 Å². The van der Waals surface area contributed by atoms with E-state index < -0.39 is 11.8 Å². The molecule has 314 valence electrons. The number of nitrogens with zero attached hydrogens (tertiary/aromatic N) is 9. The first-order valence-corrected chi connectivity index (χ1v) is 20.2. The Labute approximate surface area is 356 Å². The molecule has 17 nitrogen and oxygen atoms in total. The van der Waals surface area contributed by atoms with Gasteiger partial charge in [-0.3, -0.25) is 14.5 Å². The number of carbonyl (C=O) groups is 2. The normalized spacial score (nSPS) is 16.2. The van der Waals surface area contributed by atoms with Crippen LogP contribution < -0.4 is 34.8 Å². The Balaban J connectivity index is 1.33. The van der Waals surface area contributed by atoms with E-state index in [2.05, 4.69) is 30.6 Å². The molecule has 0 radical (unpaired) electrons. The van der Waals surface area contributed by atoms with Gasteiger partial charge in [0.25, 0.3) is 11.8 Å². The molecule has 0 saturated carbocycles. The number of hydrogen-bond donors (Lipinski definition) is 4. The number of aliphatic hydroxyl groups excluding tert-OH is 2. The molecule has 2 aliphatic heterocycles. The zero-order valence-corrected chi connectivity index (χ0v) is 34.6. The third-order valence-corrected chi connectivity index (χ3v) is 11.0. The lowest BCUT2D eigenvalue weighted by Crippen LogP contribution is -2.37. The quantitative estimate of drug-likeness (QED) is 0.106. The Morgan fingerprint density at radius 2 is 1.45 bits per heavy atom. The summed E-state index contributed by atoms with van der Waals surface area (Å²) in [5, 5.41) is 27.3. The molecule has 7 rings (SSSR count). The number of rotatable bonds is 16. The number of aliphatic hydroxyl groups is 2. The van der Waals surface area contributed by atoms with Gasteiger partial charge in [-0.15, -0.1) is 0 Å². The number of halogens is 2. The second kappa shape index (κ2) is 19.5. The Morgan fingerprint density at radius 3 is 2.08 bits per heavy atom. The maximum atomic E-state index is 15.3. The molecule has 60 heavy (non-hydrogen) atoms. The van der Waals surface area contributed by atoms with Crippen LogP contribution in [0.3, 0.4) is 0 Å². The molecular weight excluding hydrogens is 813 g/mol. The van der Waals surface area contributed by atoms with Crippen molar-refractivity contribution in [2.75, 3.05) is 60.5 Å². The fourth-order valence-electron chi connectivity index (χ4n) is 7.25. The predicted molar refractivity (Wildman–Crippen MR) is 226 cm³/mol. The first kappa shape index (κ1) is 42.3. The molecule has 3 aromatic heterocycles. The van der Waals surface area contributed by atoms with Gasteiger partial charge < -0.3 is 40.1 Å². The van der Waals surface area contributed by atoms with Crippen LogP contribution in [-0.4, -0.2) is 105 Å². The molecule has 0 bridgehead atoms. The highest BCUT2D eigenvalue weighted by Gasteiger charge is 2.32. The van der Waals surface area contributed by atoms with E-state index in [4.69, 9.17) is 42.6 Å². The van der Waals surface area contributed by atoms with Gasteiger partial charge in [-0.05, 0) is 67.1 Å². The Bertz CT molecular complexity index is 2310. The van der Waals surface area contributed by atoms with Crippen molar-refractivity contribution < 1.29 is 29.3 Å². The van der Waals surface area contributed by atoms with Crippen LogP contribution in [0.5, 0.6) is 11.5 Å². The van der Waals surface area contributed by atoms with E-state index in [0.717, 1.165) is 24.8 Å². The average Bonchev–Trinajstić information content (AvgIpc) is 3.97. The van der Waals surface area contributed by atoms with Crippen LogP contribution in [0.4, 0.5) is 23.5 Å². The van der Waals surface area contributed by atoms with E-state index in [0.29, 0.717) is 58.4 Å². The smallest absolute Gasteiger partial charge is 0.270 e. The summed E-state index contributed by atoms with van der Waals surface area (Å²) in [6, 6.07) is 13.2. The van der Waals surface area contributed by atoms with Gasteiger partial charge in [-0.25, -0.2) is 19.9 Å². The standard InChI is InChI=1S/C41H45Cl2N11O6/c1-59-33-10-8-25(16-30(33)42)19-46-37-29(20-48-40(51-37)52-14-3-6-27(52)23-55)39(58)54(22-26-9-11-34(60-2)31(43)17-26)36-18-32(38(57)47-21-35-44-12-5-13-45-35)49-41(50-36)53-15-4-7-28(53)24-56/h5,8-13,16-18,20,27-28,55-56H,3-4,6-7,14-15,19,21-24H2,1-2H3,(H,47,57)(H,46,48,51)/t27-,28+/m0/s1. The van der Waals surface area contributed by atoms with Gasteiger partial charge in [0.05, 0.1) is 62.7 Å². The van der Waals surface area contributed by atoms with Crippen molar-refractivity contribution in [3.63, 3.8) is 0 Å². The molecule has 2 aliphatic rings. The summed E-state index contributed by atoms with van der Waals surface area (Å²) >= 11 is 13.1. The number of carbonyl (C=O) groups excluding carboxylic acids is 2. The van der Waals surface area contributed by atoms with E-state index in [1.807, 2.05) is 15.9 Å². The van der Waals surface area contributed by atoms with Crippen LogP contribution in [0.2, 0.25) is 10.0 Å². The Hall–Kier alpha value is -5.88. The highest BCUT2D eigenvalue weighted by molar-refractivity contribution is 6.32. The number of ether oxygens (including phenoxy) is 2. The summed E-state index contributed by atoms with van der Waals surface area (Å²) in [4.78, 5) is 61.7. The van der Waals surface area contributed by atoms with Crippen LogP contribution in [-0.2, 0) is 19.6 Å². The highest BCUT2D eigenvalue weighted by atomic mass is 35.5. The lowest BCUT2D eigenvalue weighted by molar-refractivity contribution is 0.0941. The fourth-order valence-corrected chi connectivity index (χ4v) is 7.82. The molecule has 4 N–H and O–H groups in total. The van der Waals surface area contributed by atoms with Gasteiger partial charge >= 0.3 is 0 Å². The van der Waals surface area contributed by atoms with E-state index in [1.54, 1.807) is 48.8 Å². The maximum Gasteiger partial charge on any atom is 0.270 e. The van der Waals surface area contributed by atoms with Crippen molar-refractivity contribution in [2.24, 2.45) is 0 Å². The molecule has 5 aromatic rings. The van der Waals surface area contributed by atoms with Gasteiger partial charge in [0.15, 0.2) is 0 Å². The Kier molecular flexibility index (Phi) is 13.7. The largest absolute Gasteiger partial charge is 0.495 e. The van der Waals surface area contributed by atoms with Gasteiger partial charge in [0, 0.05) is 44.3 Å². The third-order valence-electron chi connectivity index (χ3n) is 10.4. The van der Waals surface area contributed by atoms with Crippen LogP contribution in [0.15, 0.2) is 67.1 Å². The number of aromatic nitrogens is 6. The molecule has 2 fully saturated rings. The second-order valence-electron chi connectivity index (χ2n) is 14.2. The molecule has 2 amide bonds. The summed E-state index contributed by atoms with van der Waals surface area (Å²) in [6.07, 6.45) is 7.68. The van der Waals surface area contributed by atoms with Crippen molar-refractivity contribution >= 4 is 58.5 Å². The molecule has 2 saturated heterocycles. The van der Waals surface area contributed by atoms with Crippen molar-refractivity contribution in [2.45, 2.75) is 57.4 Å². The minimum absolute atomic E-state index is 0.0227. The average molecular weight is 859 g/mol. The number of hydrogen-bond acceptors (Lipinski definition) is 15. The molecule has 2 atom stereocenters. The molecular formula is C41H45Cl2N11O6. The van der Waals surface area contributed by atoms with Crippen molar-refractivity contribution in [1.29, 1.82) is 0 Å². The van der Waals surface area contributed by atoms with E-state index in [1.165, 1.54) is 31.4 Å². The SMILES string of the molecule is COc1ccc(CNc2nc(N3CCC[C@H]3CO)ncc2C(=O)N(Cc2ccc(OC)c(Cl)c2)c2cc(C(=O)NCc3ncccn3)nc(N3CCC[C@@H]3CO)n2)cc1Cl. The van der Waals surface area contributed by atoms with Crippen molar-refractivity contribution in [1.82, 2.24) is 35.2 Å². The fraction of sp³-hybridized carbons (Fsp3) is 0.366. The predicted octanol–water partition coefficient (Wildman–Crippen LogP) is 4.69. The number of amides is 2. The molecule has 5 heterocycles. The number of methoxy groups -OCH3 is 2. The lowest BCUT2D eigenvalue weighted by atomic mass is 10.1. The topological polar surface area (TPSA) is 204 Å². The highest BCUT2D eigenvalue weighted by Crippen LogP contribution is 2.32. The van der Waals surface area contributed by atoms with Gasteiger partial charge in [0.1, 0.15) is 40.2 Å². The van der Waals surface area contributed by atoms with Gasteiger partial charge in [0.2, 0.25) is 11.9 Å². The lowest BCUT2D eigenvalue weighted by Gasteiger charge is -2.28. The maximum absolute atomic E-state index is 15.3. The summed E-state index contributed by atoms with van der Waals surface area (Å²) in [6.45, 7) is 1.12. The number of nitrogens with one attached hydrogen (secondary N) is 2. The number of anilines is 4. The van der Waals surface area contributed by atoms with E-state index in [9.17, 15) is 15.0 Å². The second-order valence-corrected chi connectivity index (χ2v) is 15.0. The van der Waals surface area contributed by atoms with E-state index >= 15 is 4.79 Å². The molecule has 0 aliphatic carbocycles. The van der Waals surface area contributed by atoms with Gasteiger partial charge in [-0.2, -0.15) is 9.97 Å². The van der Waals surface area contributed by atoms with E-state index in [-0.39, 0.29) is 73.8 Å². The molecule has 0 spiro atoms. The molecule has 19 heteroatoms. The van der Waals surface area contributed by atoms with Crippen LogP contribution in [0, 0.1) is 0 Å². The summed E-state index contributed by atoms with van der Waals surface area (Å²) in [5.41, 5.74) is 1.49.